The Labute approximate surface area is 88.4 Å². The molecule has 1 rings (SSSR count). The fourth-order valence-electron chi connectivity index (χ4n) is 2.38. The molecule has 0 radical (unpaired) electrons. The van der Waals surface area contributed by atoms with Gasteiger partial charge in [0.15, 0.2) is 0 Å². The Morgan fingerprint density at radius 3 is 2.71 bits per heavy atom. The predicted octanol–water partition coefficient (Wildman–Crippen LogP) is 1.88. The van der Waals surface area contributed by atoms with Gasteiger partial charge < -0.3 is 5.32 Å². The zero-order chi connectivity index (χ0) is 10.4. The summed E-state index contributed by atoms with van der Waals surface area (Å²) in [6.07, 6.45) is 6.05. The van der Waals surface area contributed by atoms with Crippen LogP contribution in [0.4, 0.5) is 0 Å². The fraction of sp³-hybridized carbons (Fsp3) is 0.833. The first kappa shape index (κ1) is 11.7. The number of rotatable bonds is 7. The summed E-state index contributed by atoms with van der Waals surface area (Å²) in [5, 5.41) is 3.29. The van der Waals surface area contributed by atoms with Crippen molar-refractivity contribution in [3.05, 3.63) is 12.7 Å². The van der Waals surface area contributed by atoms with Gasteiger partial charge in [0.2, 0.25) is 0 Å². The lowest BCUT2D eigenvalue weighted by Gasteiger charge is -2.44. The summed E-state index contributed by atoms with van der Waals surface area (Å²) in [6, 6.07) is 0.806. The average Bonchev–Trinajstić information content (AvgIpc) is 2.13. The highest BCUT2D eigenvalue weighted by atomic mass is 15.2. The molecular formula is C12H24N2. The van der Waals surface area contributed by atoms with Crippen LogP contribution in [0.5, 0.6) is 0 Å². The van der Waals surface area contributed by atoms with E-state index in [0.717, 1.165) is 18.5 Å². The molecule has 0 saturated heterocycles. The van der Waals surface area contributed by atoms with E-state index in [0.29, 0.717) is 0 Å². The Morgan fingerprint density at radius 1 is 1.50 bits per heavy atom. The molecule has 14 heavy (non-hydrogen) atoms. The van der Waals surface area contributed by atoms with E-state index < -0.39 is 0 Å². The molecule has 1 aliphatic carbocycles. The quantitative estimate of drug-likeness (QED) is 0.625. The van der Waals surface area contributed by atoms with Gasteiger partial charge >= 0.3 is 0 Å². The predicted molar refractivity (Wildman–Crippen MR) is 62.5 cm³/mol. The lowest BCUT2D eigenvalue weighted by Crippen LogP contribution is -2.50. The summed E-state index contributed by atoms with van der Waals surface area (Å²) in [5.74, 6) is 0.867. The van der Waals surface area contributed by atoms with Crippen molar-refractivity contribution in [3.63, 3.8) is 0 Å². The maximum Gasteiger partial charge on any atom is 0.0163 e. The highest BCUT2D eigenvalue weighted by Crippen LogP contribution is 2.31. The molecule has 1 aliphatic rings. The van der Waals surface area contributed by atoms with Crippen molar-refractivity contribution < 1.29 is 0 Å². The van der Waals surface area contributed by atoms with Gasteiger partial charge in [0, 0.05) is 12.6 Å². The number of hydrogen-bond donors (Lipinski definition) is 1. The maximum atomic E-state index is 3.84. The molecule has 2 unspecified atom stereocenters. The minimum atomic E-state index is 0.806. The molecule has 0 spiro atoms. The molecule has 1 N–H and O–H groups in total. The van der Waals surface area contributed by atoms with Gasteiger partial charge in [-0.3, -0.25) is 4.90 Å². The van der Waals surface area contributed by atoms with Crippen LogP contribution in [0.1, 0.15) is 26.2 Å². The molecule has 1 fully saturated rings. The molecular weight excluding hydrogens is 172 g/mol. The molecule has 0 aromatic carbocycles. The summed E-state index contributed by atoms with van der Waals surface area (Å²) < 4.78 is 0. The monoisotopic (exact) mass is 196 g/mol. The summed E-state index contributed by atoms with van der Waals surface area (Å²) >= 11 is 0. The number of hydrogen-bond acceptors (Lipinski definition) is 2. The molecule has 0 bridgehead atoms. The summed E-state index contributed by atoms with van der Waals surface area (Å²) in [6.45, 7) is 9.53. The Kier molecular flexibility index (Phi) is 5.20. The highest BCUT2D eigenvalue weighted by molar-refractivity contribution is 4.91. The third kappa shape index (κ3) is 2.82. The topological polar surface area (TPSA) is 15.3 Å². The van der Waals surface area contributed by atoms with Crippen LogP contribution in [0.3, 0.4) is 0 Å². The van der Waals surface area contributed by atoms with E-state index in [1.165, 1.54) is 32.4 Å². The van der Waals surface area contributed by atoms with Crippen molar-refractivity contribution in [1.29, 1.82) is 0 Å². The van der Waals surface area contributed by atoms with Gasteiger partial charge in [0.05, 0.1) is 0 Å². The van der Waals surface area contributed by atoms with Crippen LogP contribution >= 0.6 is 0 Å². The van der Waals surface area contributed by atoms with Gasteiger partial charge in [-0.2, -0.15) is 0 Å². The Bertz CT molecular complexity index is 168. The molecule has 82 valence electrons. The second-order valence-corrected chi connectivity index (χ2v) is 4.25. The Morgan fingerprint density at radius 2 is 2.29 bits per heavy atom. The van der Waals surface area contributed by atoms with Crippen LogP contribution in [0.15, 0.2) is 12.7 Å². The SMILES string of the molecule is C=CCN(CCC)C1CCC1CNC. The summed E-state index contributed by atoms with van der Waals surface area (Å²) in [5.41, 5.74) is 0. The van der Waals surface area contributed by atoms with E-state index in [9.17, 15) is 0 Å². The van der Waals surface area contributed by atoms with Crippen LogP contribution in [-0.2, 0) is 0 Å². The minimum absolute atomic E-state index is 0.806. The van der Waals surface area contributed by atoms with Gasteiger partial charge in [0.25, 0.3) is 0 Å². The lowest BCUT2D eigenvalue weighted by atomic mass is 9.78. The molecule has 2 nitrogen and oxygen atoms in total. The van der Waals surface area contributed by atoms with Crippen LogP contribution < -0.4 is 5.32 Å². The van der Waals surface area contributed by atoms with Crippen molar-refractivity contribution in [3.8, 4) is 0 Å². The summed E-state index contributed by atoms with van der Waals surface area (Å²) in [4.78, 5) is 2.58. The van der Waals surface area contributed by atoms with E-state index >= 15 is 0 Å². The maximum absolute atomic E-state index is 3.84. The highest BCUT2D eigenvalue weighted by Gasteiger charge is 2.33. The van der Waals surface area contributed by atoms with Crippen LogP contribution in [0.25, 0.3) is 0 Å². The average molecular weight is 196 g/mol. The third-order valence-electron chi connectivity index (χ3n) is 3.19. The smallest absolute Gasteiger partial charge is 0.0163 e. The Hall–Kier alpha value is -0.340. The minimum Gasteiger partial charge on any atom is -0.319 e. The molecule has 0 aromatic heterocycles. The van der Waals surface area contributed by atoms with Crippen molar-refractivity contribution >= 4 is 0 Å². The number of nitrogens with one attached hydrogen (secondary N) is 1. The largest absolute Gasteiger partial charge is 0.319 e. The standard InChI is InChI=1S/C12H24N2/c1-4-8-14(9-5-2)12-7-6-11(12)10-13-3/h4,11-13H,1,5-10H2,2-3H3. The molecule has 0 amide bonds. The lowest BCUT2D eigenvalue weighted by molar-refractivity contribution is 0.0726. The molecule has 0 aliphatic heterocycles. The van der Waals surface area contributed by atoms with E-state index in [2.05, 4.69) is 23.7 Å². The van der Waals surface area contributed by atoms with Gasteiger partial charge in [-0.15, -0.1) is 6.58 Å². The zero-order valence-electron chi connectivity index (χ0n) is 9.63. The fourth-order valence-corrected chi connectivity index (χ4v) is 2.38. The zero-order valence-corrected chi connectivity index (χ0v) is 9.63. The first-order valence-corrected chi connectivity index (χ1v) is 5.83. The molecule has 1 saturated carbocycles. The third-order valence-corrected chi connectivity index (χ3v) is 3.19. The second-order valence-electron chi connectivity index (χ2n) is 4.25. The molecule has 0 heterocycles. The van der Waals surface area contributed by atoms with E-state index in [1.807, 2.05) is 13.1 Å². The van der Waals surface area contributed by atoms with Crippen LogP contribution in [0, 0.1) is 5.92 Å². The van der Waals surface area contributed by atoms with Gasteiger partial charge in [0.1, 0.15) is 0 Å². The first-order valence-electron chi connectivity index (χ1n) is 5.83. The normalized spacial score (nSPS) is 26.2. The van der Waals surface area contributed by atoms with E-state index in [-0.39, 0.29) is 0 Å². The van der Waals surface area contributed by atoms with Crippen molar-refractivity contribution in [1.82, 2.24) is 10.2 Å². The van der Waals surface area contributed by atoms with E-state index in [4.69, 9.17) is 0 Å². The van der Waals surface area contributed by atoms with Crippen molar-refractivity contribution in [2.45, 2.75) is 32.2 Å². The van der Waals surface area contributed by atoms with Gasteiger partial charge in [-0.05, 0) is 45.3 Å². The van der Waals surface area contributed by atoms with Crippen molar-refractivity contribution in [2.75, 3.05) is 26.7 Å². The van der Waals surface area contributed by atoms with Crippen molar-refractivity contribution in [2.24, 2.45) is 5.92 Å². The molecule has 0 aromatic rings. The van der Waals surface area contributed by atoms with Crippen LogP contribution in [0.2, 0.25) is 0 Å². The Balaban J connectivity index is 2.38. The van der Waals surface area contributed by atoms with E-state index in [1.54, 1.807) is 0 Å². The molecule has 2 atom stereocenters. The summed E-state index contributed by atoms with van der Waals surface area (Å²) in [7, 11) is 2.05. The second kappa shape index (κ2) is 6.20. The number of nitrogens with zero attached hydrogens (tertiary/aromatic N) is 1. The first-order chi connectivity index (χ1) is 6.83. The van der Waals surface area contributed by atoms with Gasteiger partial charge in [-0.1, -0.05) is 13.0 Å². The molecule has 2 heteroatoms. The van der Waals surface area contributed by atoms with Crippen LogP contribution in [-0.4, -0.2) is 37.6 Å². The van der Waals surface area contributed by atoms with Gasteiger partial charge in [-0.25, -0.2) is 0 Å².